The number of ketones is 1. The molecule has 1 aliphatic rings. The molecule has 0 radical (unpaired) electrons. The van der Waals surface area contributed by atoms with Crippen LogP contribution >= 0.6 is 0 Å². The fourth-order valence-electron chi connectivity index (χ4n) is 5.30. The molecule has 1 fully saturated rings. The number of carbonyl (C=O) groups is 2. The highest BCUT2D eigenvalue weighted by Crippen LogP contribution is 2.37. The van der Waals surface area contributed by atoms with Crippen LogP contribution in [-0.2, 0) is 34.0 Å². The van der Waals surface area contributed by atoms with Crippen molar-refractivity contribution in [3.05, 3.63) is 119 Å². The van der Waals surface area contributed by atoms with Crippen molar-refractivity contribution in [2.75, 3.05) is 13.1 Å². The normalized spacial score (nSPS) is 15.4. The second-order valence-corrected chi connectivity index (χ2v) is 10.2. The minimum absolute atomic E-state index is 0.0177. The zero-order valence-electron chi connectivity index (χ0n) is 22.0. The van der Waals surface area contributed by atoms with E-state index in [-0.39, 0.29) is 11.7 Å². The lowest BCUT2D eigenvalue weighted by Crippen LogP contribution is -2.48. The predicted molar refractivity (Wildman–Crippen MR) is 147 cm³/mol. The quantitative estimate of drug-likeness (QED) is 0.202. The minimum Gasteiger partial charge on any atom is -0.343 e. The molecule has 3 aromatic rings. The number of hydrogen-bond acceptors (Lipinski definition) is 2. The number of piperidine rings is 1. The lowest BCUT2D eigenvalue weighted by molar-refractivity contribution is -0.137. The van der Waals surface area contributed by atoms with Gasteiger partial charge in [0.25, 0.3) is 0 Å². The molecule has 39 heavy (non-hydrogen) atoms. The molecule has 0 aromatic heterocycles. The topological polar surface area (TPSA) is 37.4 Å². The Morgan fingerprint density at radius 1 is 0.821 bits per heavy atom. The molecule has 6 heteroatoms. The summed E-state index contributed by atoms with van der Waals surface area (Å²) in [5, 5.41) is 0. The summed E-state index contributed by atoms with van der Waals surface area (Å²) in [7, 11) is 0. The number of rotatable bonds is 10. The van der Waals surface area contributed by atoms with Gasteiger partial charge in [0.1, 0.15) is 0 Å². The van der Waals surface area contributed by atoms with Gasteiger partial charge in [-0.25, -0.2) is 0 Å². The van der Waals surface area contributed by atoms with E-state index in [9.17, 15) is 22.8 Å². The molecule has 204 valence electrons. The Morgan fingerprint density at radius 3 is 2.13 bits per heavy atom. The van der Waals surface area contributed by atoms with Crippen molar-refractivity contribution < 1.29 is 22.8 Å². The third-order valence-corrected chi connectivity index (χ3v) is 7.60. The Balaban J connectivity index is 1.35. The fraction of sp³-hybridized carbons (Fsp3) is 0.333. The molecular weight excluding hydrogens is 499 g/mol. The van der Waals surface area contributed by atoms with Crippen molar-refractivity contribution in [1.29, 1.82) is 0 Å². The molecule has 0 aliphatic carbocycles. The third-order valence-electron chi connectivity index (χ3n) is 7.60. The van der Waals surface area contributed by atoms with Gasteiger partial charge in [-0.05, 0) is 67.4 Å². The zero-order chi connectivity index (χ0) is 27.7. The van der Waals surface area contributed by atoms with E-state index in [0.29, 0.717) is 63.6 Å². The lowest BCUT2D eigenvalue weighted by Gasteiger charge is -2.40. The van der Waals surface area contributed by atoms with Crippen molar-refractivity contribution in [3.63, 3.8) is 0 Å². The number of carbonyl (C=O) groups excluding carboxylic acids is 2. The van der Waals surface area contributed by atoms with Gasteiger partial charge in [0.15, 0.2) is 5.78 Å². The Morgan fingerprint density at radius 2 is 1.46 bits per heavy atom. The molecule has 3 nitrogen and oxygen atoms in total. The van der Waals surface area contributed by atoms with Crippen LogP contribution in [0.25, 0.3) is 0 Å². The molecule has 0 atom stereocenters. The van der Waals surface area contributed by atoms with Crippen molar-refractivity contribution in [2.24, 2.45) is 0 Å². The van der Waals surface area contributed by atoms with Crippen LogP contribution in [0.5, 0.6) is 0 Å². The van der Waals surface area contributed by atoms with Gasteiger partial charge in [-0.1, -0.05) is 84.9 Å². The number of allylic oxidation sites excluding steroid dienone is 2. The Labute approximate surface area is 228 Å². The van der Waals surface area contributed by atoms with Gasteiger partial charge in [0.2, 0.25) is 5.91 Å². The SMILES string of the molecule is O=C(CCc1ccccc1)N1CCC(C(=O)/C=C/CCCc2cccc(C(F)(F)F)c2)(c2ccccc2)CC1. The number of alkyl halides is 3. The van der Waals surface area contributed by atoms with Crippen molar-refractivity contribution in [3.8, 4) is 0 Å². The monoisotopic (exact) mass is 533 g/mol. The van der Waals surface area contributed by atoms with Crippen LogP contribution < -0.4 is 0 Å². The molecule has 1 amide bonds. The van der Waals surface area contributed by atoms with Gasteiger partial charge in [-0.2, -0.15) is 13.2 Å². The number of halogens is 3. The van der Waals surface area contributed by atoms with Gasteiger partial charge >= 0.3 is 6.18 Å². The number of amides is 1. The highest BCUT2D eigenvalue weighted by Gasteiger charge is 2.42. The molecule has 0 unspecified atom stereocenters. The number of unbranched alkanes of at least 4 members (excludes halogenated alkanes) is 1. The first-order valence-electron chi connectivity index (χ1n) is 13.5. The summed E-state index contributed by atoms with van der Waals surface area (Å²) in [6.07, 6.45) is 3.11. The van der Waals surface area contributed by atoms with Crippen molar-refractivity contribution >= 4 is 11.7 Å². The van der Waals surface area contributed by atoms with E-state index in [2.05, 4.69) is 0 Å². The van der Waals surface area contributed by atoms with E-state index in [1.807, 2.05) is 71.6 Å². The van der Waals surface area contributed by atoms with E-state index < -0.39 is 17.2 Å². The van der Waals surface area contributed by atoms with Gasteiger partial charge in [0.05, 0.1) is 11.0 Å². The standard InChI is InChI=1S/C33H34F3NO2/c34-33(35,36)29-17-10-14-27(25-29)13-6-2-9-18-30(38)32(28-15-7-3-8-16-28)21-23-37(24-22-32)31(39)20-19-26-11-4-1-5-12-26/h1,3-5,7-12,14-18,25H,2,6,13,19-24H2/b18-9+. The molecule has 0 saturated carbocycles. The van der Waals surface area contributed by atoms with E-state index in [1.54, 1.807) is 12.1 Å². The largest absolute Gasteiger partial charge is 0.416 e. The highest BCUT2D eigenvalue weighted by molar-refractivity contribution is 5.99. The van der Waals surface area contributed by atoms with Crippen molar-refractivity contribution in [1.82, 2.24) is 4.90 Å². The second kappa shape index (κ2) is 12.9. The summed E-state index contributed by atoms with van der Waals surface area (Å²) in [5.41, 5.74) is 1.40. The van der Waals surface area contributed by atoms with Gasteiger partial charge in [-0.3, -0.25) is 9.59 Å². The fourth-order valence-corrected chi connectivity index (χ4v) is 5.30. The number of hydrogen-bond donors (Lipinski definition) is 0. The first-order valence-corrected chi connectivity index (χ1v) is 13.5. The number of nitrogens with zero attached hydrogens (tertiary/aromatic N) is 1. The van der Waals surface area contributed by atoms with Crippen LogP contribution in [-0.4, -0.2) is 29.7 Å². The van der Waals surface area contributed by atoms with Crippen LogP contribution in [0, 0.1) is 0 Å². The summed E-state index contributed by atoms with van der Waals surface area (Å²) in [6, 6.07) is 25.1. The summed E-state index contributed by atoms with van der Waals surface area (Å²) >= 11 is 0. The van der Waals surface area contributed by atoms with E-state index in [1.165, 1.54) is 12.1 Å². The van der Waals surface area contributed by atoms with Crippen LogP contribution in [0.3, 0.4) is 0 Å². The Bertz CT molecular complexity index is 1260. The van der Waals surface area contributed by atoms with Gasteiger partial charge in [0, 0.05) is 19.5 Å². The Hall–Kier alpha value is -3.67. The summed E-state index contributed by atoms with van der Waals surface area (Å²) in [5.74, 6) is 0.127. The maximum atomic E-state index is 13.6. The Kier molecular flexibility index (Phi) is 9.39. The molecular formula is C33H34F3NO2. The van der Waals surface area contributed by atoms with E-state index in [4.69, 9.17) is 0 Å². The first-order chi connectivity index (χ1) is 18.8. The third kappa shape index (κ3) is 7.47. The van der Waals surface area contributed by atoms with Crippen LogP contribution in [0.2, 0.25) is 0 Å². The molecule has 4 rings (SSSR count). The lowest BCUT2D eigenvalue weighted by atomic mass is 9.69. The average molecular weight is 534 g/mol. The number of aryl methyl sites for hydroxylation is 2. The smallest absolute Gasteiger partial charge is 0.343 e. The minimum atomic E-state index is -4.35. The summed E-state index contributed by atoms with van der Waals surface area (Å²) in [4.78, 5) is 28.3. The van der Waals surface area contributed by atoms with Crippen LogP contribution in [0.4, 0.5) is 13.2 Å². The predicted octanol–water partition coefficient (Wildman–Crippen LogP) is 7.35. The van der Waals surface area contributed by atoms with Crippen LogP contribution in [0.1, 0.15) is 54.4 Å². The maximum absolute atomic E-state index is 13.6. The first kappa shape index (κ1) is 28.3. The number of benzene rings is 3. The molecule has 1 aliphatic heterocycles. The summed E-state index contributed by atoms with van der Waals surface area (Å²) < 4.78 is 38.9. The second-order valence-electron chi connectivity index (χ2n) is 10.2. The molecule has 0 spiro atoms. The summed E-state index contributed by atoms with van der Waals surface area (Å²) in [6.45, 7) is 1.05. The van der Waals surface area contributed by atoms with Crippen molar-refractivity contribution in [2.45, 2.75) is 56.5 Å². The molecule has 1 saturated heterocycles. The number of likely N-dealkylation sites (tertiary alicyclic amines) is 1. The molecule has 0 bridgehead atoms. The molecule has 1 heterocycles. The van der Waals surface area contributed by atoms with Gasteiger partial charge < -0.3 is 4.90 Å². The average Bonchev–Trinajstić information content (AvgIpc) is 2.96. The molecule has 3 aromatic carbocycles. The van der Waals surface area contributed by atoms with Crippen LogP contribution in [0.15, 0.2) is 97.1 Å². The van der Waals surface area contributed by atoms with E-state index >= 15 is 0 Å². The maximum Gasteiger partial charge on any atom is 0.416 e. The van der Waals surface area contributed by atoms with E-state index in [0.717, 1.165) is 17.2 Å². The van der Waals surface area contributed by atoms with Gasteiger partial charge in [-0.15, -0.1) is 0 Å². The zero-order valence-corrected chi connectivity index (χ0v) is 22.0. The molecule has 0 N–H and O–H groups in total. The highest BCUT2D eigenvalue weighted by atomic mass is 19.4.